The monoisotopic (exact) mass is 900 g/mol. The Bertz CT molecular complexity index is 1870. The van der Waals surface area contributed by atoms with Gasteiger partial charge in [-0.15, -0.1) is 39.5 Å². The standard InChI is InChI=1S/C44H48O15Si3/c1-11-60(12-2)38(51-41(48)57-54-35(45)32-23-17-29(7)18-24-32)44(10,39(61(13-3)14-4)52-42(49)58-55-36(46)33-25-19-30(8)20-26-33)40(62(15-5)16-6)53-43(50)59-56-37(47)34-27-21-31(9)22-28-34/h11-28,38-40,60-62H,1-6H2,7-10H3. The Morgan fingerprint density at radius 2 is 0.629 bits per heavy atom. The third-order valence-electron chi connectivity index (χ3n) is 9.61. The molecule has 3 atom stereocenters. The molecule has 3 aromatic carbocycles. The van der Waals surface area contributed by atoms with Crippen LogP contribution in [0.3, 0.4) is 0 Å². The van der Waals surface area contributed by atoms with Crippen molar-refractivity contribution in [3.8, 4) is 0 Å². The molecule has 3 aromatic rings. The smallest absolute Gasteiger partial charge is 0.431 e. The lowest BCUT2D eigenvalue weighted by Crippen LogP contribution is -2.66. The van der Waals surface area contributed by atoms with Gasteiger partial charge in [0.15, 0.2) is 0 Å². The van der Waals surface area contributed by atoms with Crippen molar-refractivity contribution in [1.82, 2.24) is 0 Å². The van der Waals surface area contributed by atoms with Gasteiger partial charge in [0.25, 0.3) is 0 Å². The molecule has 0 radical (unpaired) electrons. The van der Waals surface area contributed by atoms with E-state index in [2.05, 4.69) is 39.5 Å². The van der Waals surface area contributed by atoms with Crippen LogP contribution in [0.15, 0.2) is 146 Å². The molecule has 0 saturated heterocycles. The highest BCUT2D eigenvalue weighted by Gasteiger charge is 2.59. The third-order valence-corrected chi connectivity index (χ3v) is 17.5. The summed E-state index contributed by atoms with van der Waals surface area (Å²) in [5.41, 5.74) is 4.88. The summed E-state index contributed by atoms with van der Waals surface area (Å²) in [7, 11) is -8.85. The van der Waals surface area contributed by atoms with E-state index in [9.17, 15) is 28.8 Å². The van der Waals surface area contributed by atoms with E-state index in [1.54, 1.807) is 57.2 Å². The first-order valence-corrected chi connectivity index (χ1v) is 24.8. The zero-order chi connectivity index (χ0) is 46.0. The van der Waals surface area contributed by atoms with Crippen molar-refractivity contribution in [2.24, 2.45) is 5.41 Å². The molecule has 0 aromatic heterocycles. The topological polar surface area (TPSA) is 185 Å². The second kappa shape index (κ2) is 23.7. The highest BCUT2D eigenvalue weighted by molar-refractivity contribution is 6.74. The van der Waals surface area contributed by atoms with Crippen molar-refractivity contribution >= 4 is 62.8 Å². The Kier molecular flexibility index (Phi) is 18.8. The van der Waals surface area contributed by atoms with E-state index >= 15 is 0 Å². The van der Waals surface area contributed by atoms with E-state index in [1.807, 2.05) is 0 Å². The first-order valence-electron chi connectivity index (χ1n) is 18.8. The second-order valence-electron chi connectivity index (χ2n) is 13.8. The molecule has 0 aliphatic carbocycles. The number of benzene rings is 3. The molecule has 0 amide bonds. The molecular weight excluding hydrogens is 853 g/mol. The van der Waals surface area contributed by atoms with Crippen molar-refractivity contribution in [2.45, 2.75) is 44.9 Å². The number of hydrogen-bond acceptors (Lipinski definition) is 15. The molecule has 0 spiro atoms. The Balaban J connectivity index is 2.15. The van der Waals surface area contributed by atoms with Gasteiger partial charge in [0.2, 0.25) is 0 Å². The van der Waals surface area contributed by atoms with Crippen LogP contribution in [0.2, 0.25) is 0 Å². The number of aryl methyl sites for hydroxylation is 3. The lowest BCUT2D eigenvalue weighted by Gasteiger charge is -2.49. The first kappa shape index (κ1) is 49.3. The van der Waals surface area contributed by atoms with Crippen LogP contribution in [-0.2, 0) is 43.5 Å². The molecule has 0 bridgehead atoms. The maximum atomic E-state index is 13.6. The quantitative estimate of drug-likeness (QED) is 0.0403. The third kappa shape index (κ3) is 13.2. The van der Waals surface area contributed by atoms with Crippen molar-refractivity contribution in [1.29, 1.82) is 0 Å². The van der Waals surface area contributed by atoms with Crippen molar-refractivity contribution in [3.05, 3.63) is 180 Å². The van der Waals surface area contributed by atoms with Crippen LogP contribution in [0.4, 0.5) is 14.4 Å². The lowest BCUT2D eigenvalue weighted by molar-refractivity contribution is -0.224. The van der Waals surface area contributed by atoms with Crippen molar-refractivity contribution < 1.29 is 72.3 Å². The maximum Gasteiger partial charge on any atom is 0.549 e. The normalized spacial score (nSPS) is 13.0. The number of rotatable bonds is 18. The molecule has 62 heavy (non-hydrogen) atoms. The molecule has 0 aliphatic heterocycles. The summed E-state index contributed by atoms with van der Waals surface area (Å²) in [6.07, 6.45) is -4.64. The largest absolute Gasteiger partial charge is 0.549 e. The van der Waals surface area contributed by atoms with Crippen LogP contribution in [-0.4, -0.2) is 79.9 Å². The highest BCUT2D eigenvalue weighted by atomic mass is 28.3. The summed E-state index contributed by atoms with van der Waals surface area (Å²) in [5.74, 6) is -3.10. The second-order valence-corrected chi connectivity index (χ2v) is 21.9. The van der Waals surface area contributed by atoms with Gasteiger partial charge in [-0.3, -0.25) is 0 Å². The lowest BCUT2D eigenvalue weighted by atomic mass is 9.92. The minimum atomic E-state index is -2.95. The highest BCUT2D eigenvalue weighted by Crippen LogP contribution is 2.42. The van der Waals surface area contributed by atoms with E-state index in [0.29, 0.717) is 0 Å². The fourth-order valence-electron chi connectivity index (χ4n) is 6.18. The van der Waals surface area contributed by atoms with Gasteiger partial charge < -0.3 is 14.2 Å². The van der Waals surface area contributed by atoms with Gasteiger partial charge in [0, 0.05) is 0 Å². The molecule has 0 aliphatic rings. The Morgan fingerprint density at radius 3 is 0.823 bits per heavy atom. The number of carbonyl (C=O) groups excluding carboxylic acids is 6. The van der Waals surface area contributed by atoms with E-state index in [4.69, 9.17) is 43.5 Å². The Hall–Kier alpha value is -7.03. The zero-order valence-electron chi connectivity index (χ0n) is 34.7. The van der Waals surface area contributed by atoms with Gasteiger partial charge in [-0.1, -0.05) is 87.3 Å². The molecule has 18 heteroatoms. The van der Waals surface area contributed by atoms with Gasteiger partial charge in [-0.25, -0.2) is 43.7 Å². The number of ether oxygens (including phenoxy) is 3. The van der Waals surface area contributed by atoms with Gasteiger partial charge in [0.1, 0.15) is 43.6 Å². The summed E-state index contributed by atoms with van der Waals surface area (Å²) in [5, 5.41) is 0. The van der Waals surface area contributed by atoms with Crippen molar-refractivity contribution in [2.75, 3.05) is 0 Å². The number of hydrogen-bond donors (Lipinski definition) is 0. The minimum Gasteiger partial charge on any atom is -0.431 e. The van der Waals surface area contributed by atoms with Crippen LogP contribution in [0.1, 0.15) is 54.7 Å². The summed E-state index contributed by atoms with van der Waals surface area (Å²) in [4.78, 5) is 108. The van der Waals surface area contributed by atoms with Crippen LogP contribution in [0.5, 0.6) is 0 Å². The van der Waals surface area contributed by atoms with Crippen LogP contribution >= 0.6 is 0 Å². The van der Waals surface area contributed by atoms with Crippen molar-refractivity contribution in [3.63, 3.8) is 0 Å². The summed E-state index contributed by atoms with van der Waals surface area (Å²) < 4.78 is 17.9. The summed E-state index contributed by atoms with van der Waals surface area (Å²) in [6, 6.07) is 18.6. The summed E-state index contributed by atoms with van der Waals surface area (Å²) in [6.45, 7) is 30.3. The molecule has 0 saturated carbocycles. The van der Waals surface area contributed by atoms with Gasteiger partial charge in [-0.2, -0.15) is 14.4 Å². The average molecular weight is 901 g/mol. The number of carbonyl (C=O) groups is 6. The van der Waals surface area contributed by atoms with Gasteiger partial charge in [0.05, 0.1) is 22.1 Å². The van der Waals surface area contributed by atoms with Gasteiger partial charge >= 0.3 is 36.4 Å². The predicted octanol–water partition coefficient (Wildman–Crippen LogP) is 7.45. The predicted molar refractivity (Wildman–Crippen MR) is 235 cm³/mol. The van der Waals surface area contributed by atoms with Gasteiger partial charge in [-0.05, 0) is 64.1 Å². The maximum absolute atomic E-state index is 13.6. The summed E-state index contributed by atoms with van der Waals surface area (Å²) >= 11 is 0. The fourth-order valence-corrected chi connectivity index (χ4v) is 13.3. The molecule has 0 heterocycles. The molecule has 3 rings (SSSR count). The van der Waals surface area contributed by atoms with E-state index in [-0.39, 0.29) is 16.7 Å². The Morgan fingerprint density at radius 1 is 0.419 bits per heavy atom. The molecule has 326 valence electrons. The molecule has 0 N–H and O–H groups in total. The average Bonchev–Trinajstić information content (AvgIpc) is 3.27. The SMILES string of the molecule is C=C[SiH](C=C)C(OC(=O)OOC(=O)c1ccc(C)cc1)C(C)(C(OC(=O)OOC(=O)c1ccc(C)cc1)[SiH](C=C)C=C)C(OC(=O)OOC(=O)c1ccc(C)cc1)[SiH](C=C)C=C. The van der Waals surface area contributed by atoms with Crippen LogP contribution in [0, 0.1) is 26.2 Å². The molecule has 3 unspecified atom stereocenters. The minimum absolute atomic E-state index is 0.0518. The fraction of sp³-hybridized carbons (Fsp3) is 0.182. The Labute approximate surface area is 364 Å². The molecule has 15 nitrogen and oxygen atoms in total. The molecule has 0 fully saturated rings. The van der Waals surface area contributed by atoms with E-state index in [1.165, 1.54) is 77.5 Å². The zero-order valence-corrected chi connectivity index (χ0v) is 38.2. The molecular formula is C44H48O15Si3. The van der Waals surface area contributed by atoms with Crippen LogP contribution in [0.25, 0.3) is 0 Å². The van der Waals surface area contributed by atoms with E-state index in [0.717, 1.165) is 16.7 Å². The first-order chi connectivity index (χ1) is 29.6. The van der Waals surface area contributed by atoms with E-state index < -0.39 is 85.4 Å². The van der Waals surface area contributed by atoms with Crippen LogP contribution < -0.4 is 0 Å².